The zero-order valence-electron chi connectivity index (χ0n) is 10.4. The van der Waals surface area contributed by atoms with Gasteiger partial charge in [-0.1, -0.05) is 17.7 Å². The summed E-state index contributed by atoms with van der Waals surface area (Å²) in [7, 11) is 1.09. The molecule has 1 amide bonds. The largest absolute Gasteiger partial charge is 0.480 e. The van der Waals surface area contributed by atoms with E-state index in [1.807, 2.05) is 0 Å². The molecule has 0 saturated carbocycles. The number of aliphatic carboxylic acids is 1. The van der Waals surface area contributed by atoms with Crippen LogP contribution in [0.15, 0.2) is 18.2 Å². The Morgan fingerprint density at radius 3 is 2.65 bits per heavy atom. The Labute approximate surface area is 118 Å². The second-order valence-electron chi connectivity index (χ2n) is 3.75. The summed E-state index contributed by atoms with van der Waals surface area (Å²) in [6.45, 7) is 0. The summed E-state index contributed by atoms with van der Waals surface area (Å²) in [5, 5.41) is 10.6. The second-order valence-corrected chi connectivity index (χ2v) is 4.12. The van der Waals surface area contributed by atoms with E-state index in [-0.39, 0.29) is 5.56 Å². The lowest BCUT2D eigenvalue weighted by atomic mass is 10.1. The first-order valence-corrected chi connectivity index (χ1v) is 5.79. The van der Waals surface area contributed by atoms with Crippen molar-refractivity contribution in [1.82, 2.24) is 5.32 Å². The molecule has 1 aromatic rings. The van der Waals surface area contributed by atoms with E-state index in [9.17, 15) is 18.8 Å². The van der Waals surface area contributed by atoms with Gasteiger partial charge in [0.1, 0.15) is 11.9 Å². The molecule has 6 nitrogen and oxygen atoms in total. The standard InChI is InChI=1S/C12H11ClFNO5/c1-20-9(16)5-8(12(18)19)15-11(17)6-3-2-4-7(14)10(6)13/h2-4,8H,5H2,1H3,(H,15,17)(H,18,19)/t8-/m0/s1. The van der Waals surface area contributed by atoms with Gasteiger partial charge in [0, 0.05) is 0 Å². The molecule has 0 bridgehead atoms. The van der Waals surface area contributed by atoms with Crippen molar-refractivity contribution in [3.63, 3.8) is 0 Å². The normalized spacial score (nSPS) is 11.6. The molecule has 0 spiro atoms. The molecule has 0 unspecified atom stereocenters. The summed E-state index contributed by atoms with van der Waals surface area (Å²) < 4.78 is 17.5. The number of benzene rings is 1. The van der Waals surface area contributed by atoms with Gasteiger partial charge in [-0.15, -0.1) is 0 Å². The molecule has 2 N–H and O–H groups in total. The number of carboxylic acid groups (broad SMARTS) is 1. The van der Waals surface area contributed by atoms with E-state index in [4.69, 9.17) is 16.7 Å². The number of nitrogens with one attached hydrogen (secondary N) is 1. The lowest BCUT2D eigenvalue weighted by molar-refractivity contribution is -0.147. The van der Waals surface area contributed by atoms with Crippen LogP contribution in [0.25, 0.3) is 0 Å². The fourth-order valence-corrected chi connectivity index (χ4v) is 1.58. The molecule has 0 aliphatic heterocycles. The minimum absolute atomic E-state index is 0.220. The van der Waals surface area contributed by atoms with Crippen LogP contribution in [0.3, 0.4) is 0 Å². The quantitative estimate of drug-likeness (QED) is 0.798. The molecule has 0 aromatic heterocycles. The third kappa shape index (κ3) is 3.92. The zero-order valence-corrected chi connectivity index (χ0v) is 11.1. The van der Waals surface area contributed by atoms with Gasteiger partial charge in [-0.3, -0.25) is 9.59 Å². The fraction of sp³-hybridized carbons (Fsp3) is 0.250. The van der Waals surface area contributed by atoms with Gasteiger partial charge >= 0.3 is 11.9 Å². The summed E-state index contributed by atoms with van der Waals surface area (Å²) in [6.07, 6.45) is -0.551. The Morgan fingerprint density at radius 1 is 1.45 bits per heavy atom. The van der Waals surface area contributed by atoms with E-state index in [0.717, 1.165) is 13.2 Å². The Balaban J connectivity index is 2.88. The minimum atomic E-state index is -1.49. The molecule has 1 atom stereocenters. The summed E-state index contributed by atoms with van der Waals surface area (Å²) in [5.74, 6) is -3.93. The summed E-state index contributed by atoms with van der Waals surface area (Å²) in [4.78, 5) is 33.8. The number of carbonyl (C=O) groups is 3. The van der Waals surface area contributed by atoms with Gasteiger partial charge in [0.25, 0.3) is 5.91 Å². The van der Waals surface area contributed by atoms with Gasteiger partial charge in [-0.25, -0.2) is 9.18 Å². The maximum atomic E-state index is 13.2. The molecule has 0 aliphatic carbocycles. The van der Waals surface area contributed by atoms with E-state index >= 15 is 0 Å². The lowest BCUT2D eigenvalue weighted by Crippen LogP contribution is -2.42. The molecule has 1 aromatic carbocycles. The molecule has 1 rings (SSSR count). The van der Waals surface area contributed by atoms with Gasteiger partial charge in [0.05, 0.1) is 24.1 Å². The maximum absolute atomic E-state index is 13.2. The third-order valence-electron chi connectivity index (χ3n) is 2.40. The van der Waals surface area contributed by atoms with Crippen molar-refractivity contribution < 1.29 is 28.6 Å². The highest BCUT2D eigenvalue weighted by molar-refractivity contribution is 6.34. The minimum Gasteiger partial charge on any atom is -0.480 e. The van der Waals surface area contributed by atoms with E-state index in [1.165, 1.54) is 12.1 Å². The van der Waals surface area contributed by atoms with Crippen LogP contribution in [-0.4, -0.2) is 36.1 Å². The smallest absolute Gasteiger partial charge is 0.326 e. The van der Waals surface area contributed by atoms with Crippen molar-refractivity contribution in [3.8, 4) is 0 Å². The van der Waals surface area contributed by atoms with Crippen LogP contribution in [0, 0.1) is 5.82 Å². The van der Waals surface area contributed by atoms with Gasteiger partial charge in [0.15, 0.2) is 0 Å². The number of carboxylic acids is 1. The van der Waals surface area contributed by atoms with Crippen LogP contribution in [-0.2, 0) is 14.3 Å². The van der Waals surface area contributed by atoms with Crippen molar-refractivity contribution in [1.29, 1.82) is 0 Å². The molecule has 0 saturated heterocycles. The molecule has 0 fully saturated rings. The predicted molar refractivity (Wildman–Crippen MR) is 66.9 cm³/mol. The van der Waals surface area contributed by atoms with Crippen molar-refractivity contribution >= 4 is 29.4 Å². The fourth-order valence-electron chi connectivity index (χ4n) is 1.37. The summed E-state index contributed by atoms with van der Waals surface area (Å²) in [6, 6.07) is 2.06. The van der Waals surface area contributed by atoms with Crippen LogP contribution in [0.2, 0.25) is 5.02 Å². The first-order valence-electron chi connectivity index (χ1n) is 5.41. The molecule has 0 aliphatic rings. The second kappa shape index (κ2) is 6.85. The van der Waals surface area contributed by atoms with Gasteiger partial charge < -0.3 is 15.2 Å². The Hall–Kier alpha value is -2.15. The van der Waals surface area contributed by atoms with E-state index in [0.29, 0.717) is 0 Å². The maximum Gasteiger partial charge on any atom is 0.326 e. The third-order valence-corrected chi connectivity index (χ3v) is 2.78. The highest BCUT2D eigenvalue weighted by atomic mass is 35.5. The number of ether oxygens (including phenoxy) is 1. The number of esters is 1. The van der Waals surface area contributed by atoms with Crippen molar-refractivity contribution in [3.05, 3.63) is 34.6 Å². The average Bonchev–Trinajstić information content (AvgIpc) is 2.40. The number of rotatable bonds is 5. The van der Waals surface area contributed by atoms with Crippen LogP contribution in [0.4, 0.5) is 4.39 Å². The molecule has 0 radical (unpaired) electrons. The Kier molecular flexibility index (Phi) is 5.45. The number of halogens is 2. The Morgan fingerprint density at radius 2 is 2.10 bits per heavy atom. The number of hydrogen-bond donors (Lipinski definition) is 2. The Bertz CT molecular complexity index is 549. The number of amides is 1. The monoisotopic (exact) mass is 303 g/mol. The summed E-state index contributed by atoms with van der Waals surface area (Å²) >= 11 is 5.61. The number of carbonyl (C=O) groups excluding carboxylic acids is 2. The van der Waals surface area contributed by atoms with Crippen molar-refractivity contribution in [2.24, 2.45) is 0 Å². The number of hydrogen-bond acceptors (Lipinski definition) is 4. The SMILES string of the molecule is COC(=O)C[C@H](NC(=O)c1cccc(F)c1Cl)C(=O)O. The highest BCUT2D eigenvalue weighted by Gasteiger charge is 2.25. The average molecular weight is 304 g/mol. The van der Waals surface area contributed by atoms with Gasteiger partial charge in [0.2, 0.25) is 0 Å². The molecular formula is C12H11ClFNO5. The molecular weight excluding hydrogens is 293 g/mol. The molecule has 108 valence electrons. The van der Waals surface area contributed by atoms with Gasteiger partial charge in [-0.2, -0.15) is 0 Å². The van der Waals surface area contributed by atoms with Crippen LogP contribution < -0.4 is 5.32 Å². The van der Waals surface area contributed by atoms with Crippen molar-refractivity contribution in [2.75, 3.05) is 7.11 Å². The molecule has 20 heavy (non-hydrogen) atoms. The number of methoxy groups -OCH3 is 1. The lowest BCUT2D eigenvalue weighted by Gasteiger charge is -2.14. The first-order chi connectivity index (χ1) is 9.36. The van der Waals surface area contributed by atoms with Crippen LogP contribution >= 0.6 is 11.6 Å². The zero-order chi connectivity index (χ0) is 15.3. The topological polar surface area (TPSA) is 92.7 Å². The van der Waals surface area contributed by atoms with Gasteiger partial charge in [-0.05, 0) is 12.1 Å². The predicted octanol–water partition coefficient (Wildman–Crippen LogP) is 1.23. The van der Waals surface area contributed by atoms with E-state index in [1.54, 1.807) is 0 Å². The van der Waals surface area contributed by atoms with Crippen LogP contribution in [0.1, 0.15) is 16.8 Å². The van der Waals surface area contributed by atoms with E-state index in [2.05, 4.69) is 10.1 Å². The van der Waals surface area contributed by atoms with Crippen molar-refractivity contribution in [2.45, 2.75) is 12.5 Å². The van der Waals surface area contributed by atoms with E-state index < -0.39 is 41.1 Å². The van der Waals surface area contributed by atoms with Crippen LogP contribution in [0.5, 0.6) is 0 Å². The summed E-state index contributed by atoms with van der Waals surface area (Å²) in [5.41, 5.74) is -0.220. The molecule has 8 heteroatoms. The highest BCUT2D eigenvalue weighted by Crippen LogP contribution is 2.19. The first kappa shape index (κ1) is 15.9. The molecule has 0 heterocycles.